The molecule has 1 aromatic heterocycles. The predicted molar refractivity (Wildman–Crippen MR) is 135 cm³/mol. The van der Waals surface area contributed by atoms with Gasteiger partial charge in [-0.05, 0) is 87.2 Å². The first kappa shape index (κ1) is 30.9. The van der Waals surface area contributed by atoms with Crippen molar-refractivity contribution in [2.75, 3.05) is 0 Å². The van der Waals surface area contributed by atoms with Gasteiger partial charge in [-0.1, -0.05) is 11.6 Å². The van der Waals surface area contributed by atoms with Gasteiger partial charge in [0.1, 0.15) is 5.15 Å². The SMILES string of the molecule is CC(C)OP(=O)(OC(C)C)C(O[Si](C)(C)C)(c1ccnc(Cl)c1)P(=O)(OC(C)C)OC(C)C. The molecule has 0 atom stereocenters. The summed E-state index contributed by atoms with van der Waals surface area (Å²) in [5.41, 5.74) is 0.194. The first-order valence-electron chi connectivity index (χ1n) is 11.1. The highest BCUT2D eigenvalue weighted by atomic mass is 35.5. The van der Waals surface area contributed by atoms with Crippen LogP contribution in [0.3, 0.4) is 0 Å². The number of hydrogen-bond donors (Lipinski definition) is 0. The van der Waals surface area contributed by atoms with Crippen molar-refractivity contribution in [1.29, 1.82) is 0 Å². The molecule has 33 heavy (non-hydrogen) atoms. The minimum Gasteiger partial charge on any atom is -0.389 e. The summed E-state index contributed by atoms with van der Waals surface area (Å²) >= 11 is 6.25. The van der Waals surface area contributed by atoms with Crippen LogP contribution in [0.5, 0.6) is 0 Å². The van der Waals surface area contributed by atoms with Gasteiger partial charge in [0.15, 0.2) is 8.32 Å². The Morgan fingerprint density at radius 2 is 1.18 bits per heavy atom. The average molecular weight is 544 g/mol. The normalized spacial score (nSPS) is 14.2. The van der Waals surface area contributed by atoms with Crippen molar-refractivity contribution in [1.82, 2.24) is 4.98 Å². The molecule has 0 aromatic carbocycles. The van der Waals surface area contributed by atoms with E-state index in [0.29, 0.717) is 0 Å². The molecule has 0 unspecified atom stereocenters. The lowest BCUT2D eigenvalue weighted by molar-refractivity contribution is 0.0527. The fourth-order valence-electron chi connectivity index (χ4n) is 3.11. The van der Waals surface area contributed by atoms with Crippen molar-refractivity contribution in [3.63, 3.8) is 0 Å². The molecule has 0 amide bonds. The zero-order chi connectivity index (χ0) is 25.8. The zero-order valence-corrected chi connectivity index (χ0v) is 25.2. The van der Waals surface area contributed by atoms with Crippen LogP contribution in [0, 0.1) is 0 Å². The Labute approximate surface area is 205 Å². The molecule has 0 aliphatic rings. The Hall–Kier alpha value is -0.0831. The summed E-state index contributed by atoms with van der Waals surface area (Å²) < 4.78 is 60.4. The first-order valence-corrected chi connectivity index (χ1v) is 18.0. The molecule has 1 aromatic rings. The Morgan fingerprint density at radius 3 is 1.45 bits per heavy atom. The van der Waals surface area contributed by atoms with Crippen LogP contribution in [0.2, 0.25) is 24.8 Å². The van der Waals surface area contributed by atoms with E-state index in [9.17, 15) is 9.13 Å². The van der Waals surface area contributed by atoms with E-state index in [-0.39, 0.29) is 10.7 Å². The third kappa shape index (κ3) is 7.96. The molecule has 0 saturated heterocycles. The maximum absolute atomic E-state index is 14.9. The standard InChI is InChI=1S/C21H40ClNO7P2Si/c1-15(2)26-31(24,27-16(3)4)21(30-33(9,10)11,19-12-13-23-20(22)14-19)32(25,28-17(5)6)29-18(7)8/h12-18H,1-11H3. The molecule has 0 spiro atoms. The van der Waals surface area contributed by atoms with Crippen molar-refractivity contribution in [2.45, 2.75) is 105 Å². The van der Waals surface area contributed by atoms with E-state index in [4.69, 9.17) is 34.1 Å². The second kappa shape index (κ2) is 11.8. The van der Waals surface area contributed by atoms with Crippen LogP contribution in [0.15, 0.2) is 18.3 Å². The molecule has 0 aliphatic carbocycles. The highest BCUT2D eigenvalue weighted by Crippen LogP contribution is 2.84. The largest absolute Gasteiger partial charge is 0.389 e. The third-order valence-electron chi connectivity index (χ3n) is 3.69. The molecule has 0 N–H and O–H groups in total. The molecule has 0 fully saturated rings. The predicted octanol–water partition coefficient (Wildman–Crippen LogP) is 7.78. The molecule has 192 valence electrons. The van der Waals surface area contributed by atoms with Gasteiger partial charge in [-0.25, -0.2) is 4.98 Å². The van der Waals surface area contributed by atoms with Gasteiger partial charge in [0.25, 0.3) is 5.08 Å². The maximum atomic E-state index is 14.9. The highest BCUT2D eigenvalue weighted by molar-refractivity contribution is 7.73. The van der Waals surface area contributed by atoms with Crippen molar-refractivity contribution in [3.05, 3.63) is 29.0 Å². The van der Waals surface area contributed by atoms with E-state index in [0.717, 1.165) is 0 Å². The second-order valence-electron chi connectivity index (χ2n) is 9.80. The molecule has 1 heterocycles. The minimum atomic E-state index is -4.43. The monoisotopic (exact) mass is 543 g/mol. The van der Waals surface area contributed by atoms with Gasteiger partial charge in [0.05, 0.1) is 24.4 Å². The number of aromatic nitrogens is 1. The Morgan fingerprint density at radius 1 is 0.818 bits per heavy atom. The van der Waals surface area contributed by atoms with Crippen LogP contribution in [-0.2, 0) is 36.7 Å². The van der Waals surface area contributed by atoms with Gasteiger partial charge in [0.2, 0.25) is 0 Å². The molecule has 12 heteroatoms. The van der Waals surface area contributed by atoms with Crippen molar-refractivity contribution >= 4 is 35.1 Å². The zero-order valence-electron chi connectivity index (χ0n) is 21.6. The molecule has 0 radical (unpaired) electrons. The third-order valence-corrected chi connectivity index (χ3v) is 11.6. The Balaban J connectivity index is 4.29. The van der Waals surface area contributed by atoms with Gasteiger partial charge >= 0.3 is 15.2 Å². The van der Waals surface area contributed by atoms with Crippen molar-refractivity contribution in [3.8, 4) is 0 Å². The Kier molecular flexibility index (Phi) is 11.0. The number of rotatable bonds is 13. The van der Waals surface area contributed by atoms with Gasteiger partial charge in [-0.2, -0.15) is 0 Å². The van der Waals surface area contributed by atoms with Crippen LogP contribution >= 0.6 is 26.8 Å². The first-order chi connectivity index (χ1) is 14.9. The van der Waals surface area contributed by atoms with Crippen molar-refractivity contribution < 1.29 is 31.7 Å². The average Bonchev–Trinajstić information content (AvgIpc) is 2.55. The molecule has 8 nitrogen and oxygen atoms in total. The molecular formula is C21H40ClNO7P2Si. The maximum Gasteiger partial charge on any atom is 0.379 e. The summed E-state index contributed by atoms with van der Waals surface area (Å²) in [5, 5.41) is -2.14. The van der Waals surface area contributed by atoms with Crippen LogP contribution in [0.4, 0.5) is 0 Å². The lowest BCUT2D eigenvalue weighted by atomic mass is 10.3. The number of hydrogen-bond acceptors (Lipinski definition) is 8. The second-order valence-corrected chi connectivity index (χ2v) is 19.1. The lowest BCUT2D eigenvalue weighted by Gasteiger charge is -2.47. The summed E-state index contributed by atoms with van der Waals surface area (Å²) in [6.07, 6.45) is -0.790. The molecule has 1 rings (SSSR count). The number of nitrogens with zero attached hydrogens (tertiary/aromatic N) is 1. The number of pyridine rings is 1. The minimum absolute atomic E-state index is 0.0948. The molecule has 0 bridgehead atoms. The topological polar surface area (TPSA) is 93.2 Å². The van der Waals surface area contributed by atoms with E-state index in [1.807, 2.05) is 19.6 Å². The van der Waals surface area contributed by atoms with Gasteiger partial charge in [-0.3, -0.25) is 9.13 Å². The fourth-order valence-corrected chi connectivity index (χ4v) is 12.4. The van der Waals surface area contributed by atoms with E-state index < -0.39 is 53.0 Å². The molecule has 0 aliphatic heterocycles. The van der Waals surface area contributed by atoms with Gasteiger partial charge in [-0.15, -0.1) is 0 Å². The van der Waals surface area contributed by atoms with Crippen LogP contribution in [-0.4, -0.2) is 37.7 Å². The van der Waals surface area contributed by atoms with Crippen LogP contribution in [0.25, 0.3) is 0 Å². The Bertz CT molecular complexity index is 808. The summed E-state index contributed by atoms with van der Waals surface area (Å²) in [5.74, 6) is 0. The fraction of sp³-hybridized carbons (Fsp3) is 0.762. The van der Waals surface area contributed by atoms with E-state index >= 15 is 0 Å². The molecule has 0 saturated carbocycles. The van der Waals surface area contributed by atoms with E-state index in [2.05, 4.69) is 4.98 Å². The smallest absolute Gasteiger partial charge is 0.379 e. The summed E-state index contributed by atoms with van der Waals surface area (Å²) in [4.78, 5) is 4.04. The summed E-state index contributed by atoms with van der Waals surface area (Å²) in [6, 6.07) is 2.98. The van der Waals surface area contributed by atoms with E-state index in [1.165, 1.54) is 18.3 Å². The quantitative estimate of drug-likeness (QED) is 0.141. The summed E-state index contributed by atoms with van der Waals surface area (Å²) in [6.45, 7) is 19.4. The van der Waals surface area contributed by atoms with Crippen LogP contribution < -0.4 is 0 Å². The number of halogens is 1. The highest BCUT2D eigenvalue weighted by Gasteiger charge is 2.70. The van der Waals surface area contributed by atoms with Gasteiger partial charge in [0, 0.05) is 11.8 Å². The molecular weight excluding hydrogens is 504 g/mol. The van der Waals surface area contributed by atoms with Crippen molar-refractivity contribution in [2.24, 2.45) is 0 Å². The lowest BCUT2D eigenvalue weighted by Crippen LogP contribution is -2.44. The van der Waals surface area contributed by atoms with E-state index in [1.54, 1.807) is 55.4 Å². The van der Waals surface area contributed by atoms with Gasteiger partial charge < -0.3 is 22.5 Å². The summed E-state index contributed by atoms with van der Waals surface area (Å²) in [7, 11) is -11.5. The van der Waals surface area contributed by atoms with Crippen LogP contribution in [0.1, 0.15) is 61.0 Å².